The second-order valence-electron chi connectivity index (χ2n) is 5.37. The van der Waals surface area contributed by atoms with Crippen molar-refractivity contribution in [2.45, 2.75) is 25.2 Å². The molecule has 0 saturated heterocycles. The van der Waals surface area contributed by atoms with Crippen LogP contribution in [0.3, 0.4) is 0 Å². The van der Waals surface area contributed by atoms with Crippen molar-refractivity contribution in [1.29, 1.82) is 0 Å². The predicted octanol–water partition coefficient (Wildman–Crippen LogP) is 2.75. The Kier molecular flexibility index (Phi) is 4.11. The van der Waals surface area contributed by atoms with Crippen LogP contribution in [0.25, 0.3) is 0 Å². The third kappa shape index (κ3) is 3.23. The first-order chi connectivity index (χ1) is 10.9. The molecule has 2 N–H and O–H groups in total. The van der Waals surface area contributed by atoms with Crippen molar-refractivity contribution in [2.75, 3.05) is 6.54 Å². The maximum absolute atomic E-state index is 12.6. The van der Waals surface area contributed by atoms with Crippen LogP contribution < -0.4 is 5.73 Å². The molecule has 1 amide bonds. The smallest absolute Gasteiger partial charge is 0.368 e. The molecule has 1 atom stereocenters. The monoisotopic (exact) mass is 341 g/mol. The molecule has 122 valence electrons. The topological polar surface area (TPSA) is 59.2 Å². The van der Waals surface area contributed by atoms with Gasteiger partial charge in [0.1, 0.15) is 6.04 Å². The lowest BCUT2D eigenvalue weighted by molar-refractivity contribution is -0.137. The fourth-order valence-electron chi connectivity index (χ4n) is 2.84. The number of nitrogens with two attached hydrogens (primary N) is 1. The average Bonchev–Trinajstić information content (AvgIpc) is 2.95. The number of aromatic nitrogens is 1. The fraction of sp³-hybridized carbons (Fsp3) is 0.333. The summed E-state index contributed by atoms with van der Waals surface area (Å²) in [5.74, 6) is -0.511. The molecule has 3 rings (SSSR count). The molecular weight excluding hydrogens is 327 g/mol. The number of hydrogen-bond acceptors (Lipinski definition) is 4. The second kappa shape index (κ2) is 5.93. The number of carbonyl (C=O) groups excluding carboxylic acids is 1. The number of nitrogens with zero attached hydrogens (tertiary/aromatic N) is 2. The molecule has 8 heteroatoms. The van der Waals surface area contributed by atoms with E-state index >= 15 is 0 Å². The molecule has 0 fully saturated rings. The normalized spacial score (nSPS) is 18.7. The van der Waals surface area contributed by atoms with Crippen molar-refractivity contribution >= 4 is 17.2 Å². The molecule has 1 aromatic heterocycles. The van der Waals surface area contributed by atoms with Gasteiger partial charge < -0.3 is 5.73 Å². The molecular formula is C15H14F3N3OS. The van der Waals surface area contributed by atoms with Crippen LogP contribution in [0, 0.1) is 0 Å². The third-order valence-electron chi connectivity index (χ3n) is 3.81. The lowest BCUT2D eigenvalue weighted by atomic mass is 9.92. The molecule has 0 radical (unpaired) electrons. The molecule has 4 nitrogen and oxygen atoms in total. The van der Waals surface area contributed by atoms with E-state index in [1.807, 2.05) is 24.3 Å². The van der Waals surface area contributed by atoms with Gasteiger partial charge in [-0.1, -0.05) is 24.3 Å². The van der Waals surface area contributed by atoms with E-state index in [1.54, 1.807) is 4.90 Å². The van der Waals surface area contributed by atoms with Gasteiger partial charge in [0, 0.05) is 18.5 Å². The number of halogens is 3. The van der Waals surface area contributed by atoms with E-state index in [9.17, 15) is 18.0 Å². The number of alkyl halides is 3. The Morgan fingerprint density at radius 2 is 2.13 bits per heavy atom. The molecule has 0 aliphatic carbocycles. The number of thiazole rings is 1. The molecule has 2 aromatic rings. The Hall–Kier alpha value is -1.93. The molecule has 1 unspecified atom stereocenters. The van der Waals surface area contributed by atoms with E-state index in [1.165, 1.54) is 5.38 Å². The second-order valence-corrected chi connectivity index (χ2v) is 6.22. The van der Waals surface area contributed by atoms with Gasteiger partial charge in [-0.25, -0.2) is 4.98 Å². The summed E-state index contributed by atoms with van der Waals surface area (Å²) in [4.78, 5) is 17.3. The van der Waals surface area contributed by atoms with E-state index in [0.717, 1.165) is 17.5 Å². The molecule has 1 aliphatic heterocycles. The summed E-state index contributed by atoms with van der Waals surface area (Å²) in [7, 11) is 0. The first-order valence-corrected chi connectivity index (χ1v) is 7.87. The average molecular weight is 341 g/mol. The molecule has 23 heavy (non-hydrogen) atoms. The van der Waals surface area contributed by atoms with Gasteiger partial charge in [0.25, 0.3) is 0 Å². The number of hydrogen-bond donors (Lipinski definition) is 1. The summed E-state index contributed by atoms with van der Waals surface area (Å²) in [6.45, 7) is 0.706. The Morgan fingerprint density at radius 1 is 1.39 bits per heavy atom. The van der Waals surface area contributed by atoms with Crippen LogP contribution in [0.4, 0.5) is 13.2 Å². The molecule has 0 bridgehead atoms. The van der Waals surface area contributed by atoms with Gasteiger partial charge in [0.15, 0.2) is 5.01 Å². The highest BCUT2D eigenvalue weighted by Gasteiger charge is 2.36. The fourth-order valence-corrected chi connectivity index (χ4v) is 3.52. The number of amides is 1. The molecule has 0 saturated carbocycles. The summed E-state index contributed by atoms with van der Waals surface area (Å²) in [5.41, 5.74) is 7.68. The SMILES string of the molecule is NC(=O)C1c2ccccc2CCN1Cc1csc(C(F)(F)F)n1. The van der Waals surface area contributed by atoms with Gasteiger partial charge in [0.05, 0.1) is 5.69 Å². The van der Waals surface area contributed by atoms with E-state index in [0.29, 0.717) is 23.6 Å². The van der Waals surface area contributed by atoms with Gasteiger partial charge in [-0.3, -0.25) is 9.69 Å². The van der Waals surface area contributed by atoms with Crippen molar-refractivity contribution in [1.82, 2.24) is 9.88 Å². The summed E-state index contributed by atoms with van der Waals surface area (Å²) < 4.78 is 37.9. The number of fused-ring (bicyclic) bond motifs is 1. The zero-order valence-electron chi connectivity index (χ0n) is 12.0. The van der Waals surface area contributed by atoms with Crippen LogP contribution in [-0.2, 0) is 23.9 Å². The Balaban J connectivity index is 1.85. The molecule has 1 aromatic carbocycles. The number of benzene rings is 1. The van der Waals surface area contributed by atoms with Gasteiger partial charge in [0.2, 0.25) is 5.91 Å². The van der Waals surface area contributed by atoms with E-state index in [4.69, 9.17) is 5.73 Å². The third-order valence-corrected chi connectivity index (χ3v) is 4.75. The highest BCUT2D eigenvalue weighted by Crippen LogP contribution is 2.34. The minimum Gasteiger partial charge on any atom is -0.368 e. The zero-order chi connectivity index (χ0) is 16.6. The predicted molar refractivity (Wildman–Crippen MR) is 79.6 cm³/mol. The van der Waals surface area contributed by atoms with Crippen LogP contribution in [0.15, 0.2) is 29.6 Å². The van der Waals surface area contributed by atoms with Crippen molar-refractivity contribution in [3.05, 3.63) is 51.5 Å². The van der Waals surface area contributed by atoms with Gasteiger partial charge in [-0.2, -0.15) is 13.2 Å². The minimum absolute atomic E-state index is 0.161. The zero-order valence-corrected chi connectivity index (χ0v) is 12.8. The number of primary amides is 1. The first kappa shape index (κ1) is 15.9. The standard InChI is InChI=1S/C15H14F3N3OS/c16-15(17,18)14-20-10(8-23-14)7-21-6-5-9-3-1-2-4-11(9)12(21)13(19)22/h1-4,8,12H,5-7H2,(H2,19,22). The van der Waals surface area contributed by atoms with Crippen molar-refractivity contribution in [3.63, 3.8) is 0 Å². The number of carbonyl (C=O) groups is 1. The molecule has 0 spiro atoms. The van der Waals surface area contributed by atoms with Crippen LogP contribution in [0.5, 0.6) is 0 Å². The number of rotatable bonds is 3. The quantitative estimate of drug-likeness (QED) is 0.934. The maximum atomic E-state index is 12.6. The lowest BCUT2D eigenvalue weighted by Gasteiger charge is -2.34. The summed E-state index contributed by atoms with van der Waals surface area (Å²) >= 11 is 0.561. The van der Waals surface area contributed by atoms with Gasteiger partial charge in [-0.05, 0) is 17.5 Å². The van der Waals surface area contributed by atoms with Crippen molar-refractivity contribution < 1.29 is 18.0 Å². The highest BCUT2D eigenvalue weighted by atomic mass is 32.1. The van der Waals surface area contributed by atoms with E-state index in [-0.39, 0.29) is 6.54 Å². The maximum Gasteiger partial charge on any atom is 0.443 e. The lowest BCUT2D eigenvalue weighted by Crippen LogP contribution is -2.42. The highest BCUT2D eigenvalue weighted by molar-refractivity contribution is 7.09. The largest absolute Gasteiger partial charge is 0.443 e. The van der Waals surface area contributed by atoms with Crippen LogP contribution in [-0.4, -0.2) is 22.3 Å². The minimum atomic E-state index is -4.44. The Labute approximate surface area is 134 Å². The summed E-state index contributed by atoms with van der Waals surface area (Å²) in [6.07, 6.45) is -3.73. The van der Waals surface area contributed by atoms with Crippen LogP contribution >= 0.6 is 11.3 Å². The van der Waals surface area contributed by atoms with Crippen molar-refractivity contribution in [2.24, 2.45) is 5.73 Å². The Bertz CT molecular complexity index is 729. The Morgan fingerprint density at radius 3 is 2.78 bits per heavy atom. The van der Waals surface area contributed by atoms with Crippen LogP contribution in [0.1, 0.15) is 27.9 Å². The van der Waals surface area contributed by atoms with E-state index < -0.39 is 23.1 Å². The first-order valence-electron chi connectivity index (χ1n) is 6.99. The molecule has 1 aliphatic rings. The summed E-state index contributed by atoms with van der Waals surface area (Å²) in [5, 5.41) is 0.502. The van der Waals surface area contributed by atoms with Crippen LogP contribution in [0.2, 0.25) is 0 Å². The summed E-state index contributed by atoms with van der Waals surface area (Å²) in [6, 6.07) is 6.84. The van der Waals surface area contributed by atoms with Gasteiger partial charge >= 0.3 is 6.18 Å². The van der Waals surface area contributed by atoms with Gasteiger partial charge in [-0.15, -0.1) is 11.3 Å². The molecule has 2 heterocycles. The van der Waals surface area contributed by atoms with E-state index in [2.05, 4.69) is 4.98 Å². The van der Waals surface area contributed by atoms with Crippen molar-refractivity contribution in [3.8, 4) is 0 Å².